The number of benzene rings is 1. The van der Waals surface area contributed by atoms with Crippen LogP contribution in [0.2, 0.25) is 0 Å². The van der Waals surface area contributed by atoms with Gasteiger partial charge in [0.2, 0.25) is 5.60 Å². The molecule has 13 nitrogen and oxygen atoms in total. The number of nitrogens with zero attached hydrogens (tertiary/aromatic N) is 2. The first-order valence-electron chi connectivity index (χ1n) is 15.1. The Hall–Kier alpha value is -4.15. The standard InChI is InChI=1S/C32H42N2O11/c1-7-16-33-17-11-18-34(30(33)39)25-14-12-24(13-15-25)19-32(28(37)40-9-3,29(38)41-10-4)43-21-26-31(8-2,45-23(6)36)27(20-42-26)44-22(5)35/h2,12-15,26-27H,7,9-11,16-21H2,1,3-6H3/t26-,27+,31-/m1/s1. The smallest absolute Gasteiger partial charge is 0.350 e. The van der Waals surface area contributed by atoms with Gasteiger partial charge in [-0.25, -0.2) is 14.4 Å². The monoisotopic (exact) mass is 630 g/mol. The Kier molecular flexibility index (Phi) is 12.3. The quantitative estimate of drug-likeness (QED) is 0.129. The molecule has 3 atom stereocenters. The molecule has 2 saturated heterocycles. The van der Waals surface area contributed by atoms with E-state index < -0.39 is 53.9 Å². The van der Waals surface area contributed by atoms with E-state index in [1.165, 1.54) is 6.92 Å². The van der Waals surface area contributed by atoms with Crippen molar-refractivity contribution >= 4 is 35.6 Å². The number of hydrogen-bond donors (Lipinski definition) is 0. The van der Waals surface area contributed by atoms with E-state index >= 15 is 0 Å². The molecule has 2 aliphatic heterocycles. The Morgan fingerprint density at radius 2 is 1.67 bits per heavy atom. The Morgan fingerprint density at radius 3 is 2.20 bits per heavy atom. The van der Waals surface area contributed by atoms with Crippen LogP contribution in [0.25, 0.3) is 0 Å². The summed E-state index contributed by atoms with van der Waals surface area (Å²) >= 11 is 0. The molecule has 0 bridgehead atoms. The molecule has 0 unspecified atom stereocenters. The van der Waals surface area contributed by atoms with Gasteiger partial charge in [-0.2, -0.15) is 0 Å². The van der Waals surface area contributed by atoms with Gasteiger partial charge in [-0.1, -0.05) is 25.0 Å². The van der Waals surface area contributed by atoms with Gasteiger partial charge >= 0.3 is 29.9 Å². The summed E-state index contributed by atoms with van der Waals surface area (Å²) in [6.45, 7) is 8.49. The molecule has 2 fully saturated rings. The number of carbonyl (C=O) groups excluding carboxylic acids is 5. The van der Waals surface area contributed by atoms with Gasteiger partial charge in [0.25, 0.3) is 5.60 Å². The normalized spacial score (nSPS) is 21.6. The molecule has 0 saturated carbocycles. The predicted molar refractivity (Wildman–Crippen MR) is 160 cm³/mol. The number of ether oxygens (including phenoxy) is 6. The van der Waals surface area contributed by atoms with Gasteiger partial charge in [-0.3, -0.25) is 14.5 Å². The number of carbonyl (C=O) groups is 5. The van der Waals surface area contributed by atoms with E-state index in [2.05, 4.69) is 5.92 Å². The van der Waals surface area contributed by atoms with Crippen molar-refractivity contribution in [2.24, 2.45) is 0 Å². The van der Waals surface area contributed by atoms with E-state index in [1.807, 2.05) is 6.92 Å². The van der Waals surface area contributed by atoms with E-state index in [4.69, 9.17) is 34.8 Å². The summed E-state index contributed by atoms with van der Waals surface area (Å²) in [7, 11) is 0. The van der Waals surface area contributed by atoms with Crippen LogP contribution in [-0.4, -0.2) is 104 Å². The van der Waals surface area contributed by atoms with Gasteiger partial charge in [0.1, 0.15) is 6.10 Å². The zero-order chi connectivity index (χ0) is 33.2. The van der Waals surface area contributed by atoms with E-state index in [0.717, 1.165) is 19.8 Å². The molecule has 0 spiro atoms. The summed E-state index contributed by atoms with van der Waals surface area (Å²) in [5, 5.41) is 0. The second-order valence-electron chi connectivity index (χ2n) is 10.6. The van der Waals surface area contributed by atoms with Crippen molar-refractivity contribution in [2.75, 3.05) is 51.0 Å². The van der Waals surface area contributed by atoms with Crippen LogP contribution < -0.4 is 4.90 Å². The van der Waals surface area contributed by atoms with Crippen LogP contribution >= 0.6 is 0 Å². The summed E-state index contributed by atoms with van der Waals surface area (Å²) in [5.41, 5.74) is -3.05. The van der Waals surface area contributed by atoms with Gasteiger partial charge in [0, 0.05) is 45.6 Å². The number of esters is 4. The van der Waals surface area contributed by atoms with Crippen molar-refractivity contribution < 1.29 is 52.4 Å². The van der Waals surface area contributed by atoms with Crippen LogP contribution in [0.1, 0.15) is 53.0 Å². The Balaban J connectivity index is 1.95. The Labute approximate surface area is 263 Å². The highest BCUT2D eigenvalue weighted by Crippen LogP contribution is 2.35. The van der Waals surface area contributed by atoms with Crippen LogP contribution in [0, 0.1) is 12.3 Å². The third-order valence-corrected chi connectivity index (χ3v) is 7.45. The lowest BCUT2D eigenvalue weighted by Gasteiger charge is -2.36. The van der Waals surface area contributed by atoms with Crippen LogP contribution in [0.4, 0.5) is 10.5 Å². The second-order valence-corrected chi connectivity index (χ2v) is 10.6. The SMILES string of the molecule is C#C[C@]1(OC(C)=O)[C@@H](OC(C)=O)CO[C@@H]1COC(Cc1ccc(N2CCCN(CCC)C2=O)cc1)(C(=O)OCC)C(=O)OCC. The zero-order valence-electron chi connectivity index (χ0n) is 26.5. The number of urea groups is 1. The molecule has 3 rings (SSSR count). The molecule has 2 aliphatic rings. The number of hydrogen-bond acceptors (Lipinski definition) is 11. The Bertz CT molecular complexity index is 1250. The van der Waals surface area contributed by atoms with Gasteiger partial charge in [0.15, 0.2) is 6.10 Å². The molecule has 2 amide bonds. The van der Waals surface area contributed by atoms with Crippen LogP contribution in [0.15, 0.2) is 24.3 Å². The average Bonchev–Trinajstić information content (AvgIpc) is 3.32. The first-order valence-corrected chi connectivity index (χ1v) is 15.1. The average molecular weight is 631 g/mol. The number of amides is 2. The van der Waals surface area contributed by atoms with Crippen molar-refractivity contribution in [1.82, 2.24) is 4.90 Å². The molecular weight excluding hydrogens is 588 g/mol. The molecule has 0 radical (unpaired) electrons. The summed E-state index contributed by atoms with van der Waals surface area (Å²) in [6, 6.07) is 6.76. The lowest BCUT2D eigenvalue weighted by atomic mass is 9.91. The minimum absolute atomic E-state index is 0.0657. The maximum atomic E-state index is 13.5. The van der Waals surface area contributed by atoms with Crippen molar-refractivity contribution in [3.8, 4) is 12.3 Å². The molecule has 0 N–H and O–H groups in total. The highest BCUT2D eigenvalue weighted by Gasteiger charge is 2.58. The van der Waals surface area contributed by atoms with Gasteiger partial charge in [-0.15, -0.1) is 6.42 Å². The maximum Gasteiger partial charge on any atom is 0.350 e. The summed E-state index contributed by atoms with van der Waals surface area (Å²) in [6.07, 6.45) is 4.75. The predicted octanol–water partition coefficient (Wildman–Crippen LogP) is 2.42. The van der Waals surface area contributed by atoms with E-state index in [9.17, 15) is 24.0 Å². The fraction of sp³-hybridized carbons (Fsp3) is 0.594. The lowest BCUT2D eigenvalue weighted by molar-refractivity contribution is -0.200. The number of terminal acetylenes is 1. The van der Waals surface area contributed by atoms with Gasteiger partial charge < -0.3 is 33.3 Å². The first-order chi connectivity index (χ1) is 21.5. The van der Waals surface area contributed by atoms with E-state index in [1.54, 1.807) is 47.9 Å². The molecule has 45 heavy (non-hydrogen) atoms. The second kappa shape index (κ2) is 15.7. The maximum absolute atomic E-state index is 13.5. The molecule has 246 valence electrons. The minimum Gasteiger partial charge on any atom is -0.463 e. The summed E-state index contributed by atoms with van der Waals surface area (Å²) in [5.74, 6) is -1.11. The molecule has 0 aliphatic carbocycles. The third kappa shape index (κ3) is 7.93. The van der Waals surface area contributed by atoms with Crippen molar-refractivity contribution in [3.05, 3.63) is 29.8 Å². The number of anilines is 1. The molecule has 1 aromatic carbocycles. The number of rotatable bonds is 14. The third-order valence-electron chi connectivity index (χ3n) is 7.45. The molecule has 0 aromatic heterocycles. The van der Waals surface area contributed by atoms with E-state index in [0.29, 0.717) is 30.9 Å². The van der Waals surface area contributed by atoms with Crippen LogP contribution in [0.3, 0.4) is 0 Å². The molecular formula is C32H42N2O11. The fourth-order valence-corrected chi connectivity index (χ4v) is 5.43. The van der Waals surface area contributed by atoms with Gasteiger partial charge in [0.05, 0.1) is 26.4 Å². The molecule has 13 heteroatoms. The molecule has 1 aromatic rings. The van der Waals surface area contributed by atoms with Crippen molar-refractivity contribution in [1.29, 1.82) is 0 Å². The summed E-state index contributed by atoms with van der Waals surface area (Å²) < 4.78 is 33.1. The van der Waals surface area contributed by atoms with Crippen molar-refractivity contribution in [3.63, 3.8) is 0 Å². The highest BCUT2D eigenvalue weighted by molar-refractivity contribution is 6.04. The highest BCUT2D eigenvalue weighted by atomic mass is 16.7. The van der Waals surface area contributed by atoms with Crippen LogP contribution in [0.5, 0.6) is 0 Å². The topological polar surface area (TPSA) is 147 Å². The van der Waals surface area contributed by atoms with Crippen molar-refractivity contribution in [2.45, 2.75) is 77.3 Å². The largest absolute Gasteiger partial charge is 0.463 e. The summed E-state index contributed by atoms with van der Waals surface area (Å²) in [4.78, 5) is 67.4. The zero-order valence-corrected chi connectivity index (χ0v) is 26.5. The first kappa shape index (κ1) is 35.3. The van der Waals surface area contributed by atoms with Crippen LogP contribution in [-0.2, 0) is 54.0 Å². The Morgan fingerprint density at radius 1 is 1.02 bits per heavy atom. The van der Waals surface area contributed by atoms with E-state index in [-0.39, 0.29) is 32.3 Å². The fourth-order valence-electron chi connectivity index (χ4n) is 5.43. The lowest BCUT2D eigenvalue weighted by Crippen LogP contribution is -2.57. The molecule has 2 heterocycles. The van der Waals surface area contributed by atoms with Gasteiger partial charge in [-0.05, 0) is 44.4 Å². The minimum atomic E-state index is -2.31.